The van der Waals surface area contributed by atoms with E-state index in [2.05, 4.69) is 6.92 Å². The highest BCUT2D eigenvalue weighted by Crippen LogP contribution is 2.62. The number of carbonyl (C=O) groups is 4. The van der Waals surface area contributed by atoms with Gasteiger partial charge in [-0.25, -0.2) is 0 Å². The zero-order valence-electron chi connectivity index (χ0n) is 48.4. The lowest BCUT2D eigenvalue weighted by Crippen LogP contribution is -2.53. The molecule has 0 saturated heterocycles. The van der Waals surface area contributed by atoms with Crippen molar-refractivity contribution >= 4 is 23.9 Å². The van der Waals surface area contributed by atoms with Crippen molar-refractivity contribution in [2.24, 2.45) is 62.6 Å². The van der Waals surface area contributed by atoms with Crippen LogP contribution < -0.4 is 0 Å². The van der Waals surface area contributed by atoms with Crippen LogP contribution in [0.15, 0.2) is 0 Å². The van der Waals surface area contributed by atoms with Crippen molar-refractivity contribution < 1.29 is 57.1 Å². The molecule has 7 aliphatic rings. The smallest absolute Gasteiger partial charge is 0.313 e. The Balaban J connectivity index is -0.000000223. The molecule has 0 aliphatic heterocycles. The number of hydrogen-bond acceptors (Lipinski definition) is 12. The number of carbonyl (C=O) groups excluding carboxylic acids is 4. The van der Waals surface area contributed by atoms with E-state index in [1.807, 2.05) is 83.1 Å². The summed E-state index contributed by atoms with van der Waals surface area (Å²) < 4.78 is 43.0. The zero-order valence-corrected chi connectivity index (χ0v) is 48.4. The van der Waals surface area contributed by atoms with Gasteiger partial charge in [-0.3, -0.25) is 19.2 Å². The summed E-state index contributed by atoms with van der Waals surface area (Å²) in [6.45, 7) is 28.3. The van der Waals surface area contributed by atoms with Crippen LogP contribution in [0.25, 0.3) is 0 Å². The predicted octanol–water partition coefficient (Wildman–Crippen LogP) is 19.8. The largest absolute Gasteiger partial charge is 0.438 e. The summed E-state index contributed by atoms with van der Waals surface area (Å²) in [5.41, 5.74) is -1.28. The summed E-state index contributed by atoms with van der Waals surface area (Å²) in [6.07, 6.45) is 29.5. The van der Waals surface area contributed by atoms with Gasteiger partial charge < -0.3 is 37.9 Å². The van der Waals surface area contributed by atoms with Crippen molar-refractivity contribution in [3.05, 3.63) is 0 Å². The summed E-state index contributed by atoms with van der Waals surface area (Å²) in [7, 11) is 0. The maximum Gasteiger partial charge on any atom is 0.313 e. The molecule has 7 saturated carbocycles. The Morgan fingerprint density at radius 2 is 0.662 bits per heavy atom. The molecule has 12 heteroatoms. The second-order valence-corrected chi connectivity index (χ2v) is 25.5. The first-order valence-electron chi connectivity index (χ1n) is 29.1. The lowest BCUT2D eigenvalue weighted by atomic mass is 9.46. The van der Waals surface area contributed by atoms with Crippen LogP contribution in [0, 0.1) is 62.6 Å². The molecule has 12 nitrogen and oxygen atoms in total. The molecule has 7 aliphatic carbocycles. The molecule has 0 radical (unpaired) electrons. The van der Waals surface area contributed by atoms with Crippen molar-refractivity contribution in [2.75, 3.05) is 47.0 Å². The highest BCUT2D eigenvalue weighted by molar-refractivity contribution is 5.77. The molecule has 0 heterocycles. The molecule has 0 aromatic carbocycles. The van der Waals surface area contributed by atoms with Crippen molar-refractivity contribution in [1.82, 2.24) is 0 Å². The molecule has 7 rings (SSSR count). The second-order valence-electron chi connectivity index (χ2n) is 25.5. The Kier molecular flexibility index (Phi) is 49.2. The fourth-order valence-electron chi connectivity index (χ4n) is 11.0. The van der Waals surface area contributed by atoms with E-state index in [4.69, 9.17) is 37.9 Å². The van der Waals surface area contributed by atoms with Crippen LogP contribution in [0.3, 0.4) is 0 Å². The van der Waals surface area contributed by atoms with E-state index >= 15 is 0 Å². The topological polar surface area (TPSA) is 142 Å². The number of rotatable bonds is 23. The van der Waals surface area contributed by atoms with Gasteiger partial charge in [0.1, 0.15) is 0 Å². The number of hydrogen-bond donors (Lipinski definition) is 0. The van der Waals surface area contributed by atoms with Crippen LogP contribution in [0.4, 0.5) is 0 Å². The minimum Gasteiger partial charge on any atom is -0.438 e. The van der Waals surface area contributed by atoms with Crippen LogP contribution in [0.2, 0.25) is 0 Å². The third-order valence-electron chi connectivity index (χ3n) is 18.2. The van der Waals surface area contributed by atoms with E-state index in [1.165, 1.54) is 116 Å². The first kappa shape index (κ1) is 88.9. The van der Waals surface area contributed by atoms with Gasteiger partial charge >= 0.3 is 23.9 Å². The zero-order chi connectivity index (χ0) is 53.4. The standard InChI is InChI=1S/C19H32O3.2C14H26O3.C13H24O3.8CH4/c1-5-18(2,3)17(20)22-12-21-11-19(4)15-7-13-6-14(9-15)10-16(19)8-13;1-4-14(2,3)13(15)17-11-16-10-12-8-6-5-7-9-12;1-4-14(2,3)13(15)17-11-16-12-9-7-5-6-8-10-12;1-4-13(2,3)12(14)16-10-15-9-11-7-5-6-8-11;;;;;;;;/h13-16H,5-12H2,1-4H3;2*12H,4-11H2,1-3H3;11H,4-10H2,1-3H3;8*1H4. The highest BCUT2D eigenvalue weighted by atomic mass is 16.7. The van der Waals surface area contributed by atoms with Gasteiger partial charge in [0.15, 0.2) is 27.2 Å². The SMILES string of the molecule is C.C.C.C.C.C.C.C.CCC(C)(C)C(=O)OCOC1CCCCCC1.CCC(C)(C)C(=O)OCOCC1(C)C2CC3CC(C2)CC1C3.CCC(C)(C)C(=O)OCOCC1CCCC1.CCC(C)(C)C(=O)OCOCC1CCCCC1. The molecule has 0 atom stereocenters. The monoisotopic (exact) mass is 1150 g/mol. The van der Waals surface area contributed by atoms with Gasteiger partial charge in [-0.05, 0) is 193 Å². The summed E-state index contributed by atoms with van der Waals surface area (Å²) in [5.74, 6) is 4.33. The Labute approximate surface area is 498 Å². The van der Waals surface area contributed by atoms with Gasteiger partial charge in [0.05, 0.1) is 47.6 Å². The molecule has 0 aromatic heterocycles. The molecule has 484 valence electrons. The minimum atomic E-state index is -0.407. The normalized spacial score (nSPS) is 22.4. The first-order valence-corrected chi connectivity index (χ1v) is 29.1. The average molecular weight is 1150 g/mol. The molecule has 0 unspecified atom stereocenters. The Bertz CT molecular complexity index is 1520. The first-order chi connectivity index (χ1) is 34.0. The van der Waals surface area contributed by atoms with E-state index in [1.54, 1.807) is 0 Å². The van der Waals surface area contributed by atoms with Crippen LogP contribution in [0.1, 0.15) is 304 Å². The van der Waals surface area contributed by atoms with E-state index < -0.39 is 21.7 Å². The van der Waals surface area contributed by atoms with Gasteiger partial charge in [-0.2, -0.15) is 0 Å². The van der Waals surface area contributed by atoms with Crippen molar-refractivity contribution in [3.8, 4) is 0 Å². The van der Waals surface area contributed by atoms with E-state index in [0.29, 0.717) is 17.3 Å². The summed E-state index contributed by atoms with van der Waals surface area (Å²) >= 11 is 0. The maximum atomic E-state index is 12.0. The van der Waals surface area contributed by atoms with Gasteiger partial charge in [-0.15, -0.1) is 0 Å². The molecule has 0 spiro atoms. The Morgan fingerprint density at radius 3 is 0.988 bits per heavy atom. The molecule has 0 aromatic rings. The third kappa shape index (κ3) is 30.5. The third-order valence-corrected chi connectivity index (χ3v) is 18.2. The van der Waals surface area contributed by atoms with Crippen molar-refractivity contribution in [3.63, 3.8) is 0 Å². The number of esters is 4. The summed E-state index contributed by atoms with van der Waals surface area (Å²) in [4.78, 5) is 46.9. The molecule has 0 N–H and O–H groups in total. The van der Waals surface area contributed by atoms with Gasteiger partial charge in [0.25, 0.3) is 0 Å². The van der Waals surface area contributed by atoms with Crippen LogP contribution in [-0.2, 0) is 57.1 Å². The maximum absolute atomic E-state index is 12.0. The molecular formula is C68H140O12. The van der Waals surface area contributed by atoms with Gasteiger partial charge in [0, 0.05) is 0 Å². The molecule has 7 fully saturated rings. The molecular weight excluding hydrogens is 1010 g/mol. The summed E-state index contributed by atoms with van der Waals surface area (Å²) in [5, 5.41) is 0. The van der Waals surface area contributed by atoms with E-state index in [0.717, 1.165) is 82.0 Å². The fourth-order valence-corrected chi connectivity index (χ4v) is 11.0. The summed E-state index contributed by atoms with van der Waals surface area (Å²) in [6, 6.07) is 0. The molecule has 4 bridgehead atoms. The van der Waals surface area contributed by atoms with Crippen molar-refractivity contribution in [1.29, 1.82) is 0 Å². The molecule has 80 heavy (non-hydrogen) atoms. The van der Waals surface area contributed by atoms with Crippen LogP contribution in [-0.4, -0.2) is 77.0 Å². The Morgan fingerprint density at radius 1 is 0.388 bits per heavy atom. The van der Waals surface area contributed by atoms with E-state index in [9.17, 15) is 19.2 Å². The minimum absolute atomic E-state index is 0. The number of ether oxygens (including phenoxy) is 8. The van der Waals surface area contributed by atoms with Gasteiger partial charge in [0.2, 0.25) is 0 Å². The van der Waals surface area contributed by atoms with Crippen LogP contribution >= 0.6 is 0 Å². The predicted molar refractivity (Wildman–Crippen MR) is 338 cm³/mol. The van der Waals surface area contributed by atoms with Crippen molar-refractivity contribution in [2.45, 2.75) is 310 Å². The van der Waals surface area contributed by atoms with E-state index in [-0.39, 0.29) is 117 Å². The lowest BCUT2D eigenvalue weighted by molar-refractivity contribution is -0.181. The Hall–Kier alpha value is -2.28. The molecule has 0 amide bonds. The lowest BCUT2D eigenvalue weighted by Gasteiger charge is -2.60. The average Bonchev–Trinajstić information content (AvgIpc) is 3.76. The quantitative estimate of drug-likeness (QED) is 0.0316. The fraction of sp³-hybridized carbons (Fsp3) is 0.941. The second kappa shape index (κ2) is 44.2. The van der Waals surface area contributed by atoms with Gasteiger partial charge in [-0.1, -0.05) is 152 Å². The van der Waals surface area contributed by atoms with Crippen LogP contribution in [0.5, 0.6) is 0 Å². The highest BCUT2D eigenvalue weighted by Gasteiger charge is 2.54.